The van der Waals surface area contributed by atoms with E-state index >= 15 is 0 Å². The maximum atomic E-state index is 12.9. The Balaban J connectivity index is 1.52. The lowest BCUT2D eigenvalue weighted by Gasteiger charge is -2.16. The minimum absolute atomic E-state index is 0.114. The molecule has 1 aliphatic rings. The smallest absolute Gasteiger partial charge is 0.257 e. The molecule has 1 N–H and O–H groups in total. The van der Waals surface area contributed by atoms with Crippen LogP contribution in [0.5, 0.6) is 5.75 Å². The molecule has 1 fully saturated rings. The molecular weight excluding hydrogens is 344 g/mol. The van der Waals surface area contributed by atoms with Crippen LogP contribution in [0, 0.1) is 0 Å². The summed E-state index contributed by atoms with van der Waals surface area (Å²) >= 11 is 0. The fourth-order valence-corrected chi connectivity index (χ4v) is 3.06. The summed E-state index contributed by atoms with van der Waals surface area (Å²) < 4.78 is 13.2. The Morgan fingerprint density at radius 1 is 1.15 bits per heavy atom. The molecule has 1 saturated heterocycles. The summed E-state index contributed by atoms with van der Waals surface area (Å²) in [6, 6.07) is 14.7. The van der Waals surface area contributed by atoms with Crippen LogP contribution in [-0.2, 0) is 4.74 Å². The van der Waals surface area contributed by atoms with Gasteiger partial charge in [-0.05, 0) is 37.1 Å². The number of hydrogen-bond acceptors (Lipinski definition) is 5. The molecule has 3 aromatic rings. The largest absolute Gasteiger partial charge is 0.489 e. The summed E-state index contributed by atoms with van der Waals surface area (Å²) in [6.45, 7) is 1.26. The van der Waals surface area contributed by atoms with Crippen molar-refractivity contribution < 1.29 is 14.3 Å². The zero-order valence-electron chi connectivity index (χ0n) is 14.7. The van der Waals surface area contributed by atoms with Crippen molar-refractivity contribution in [1.82, 2.24) is 14.8 Å². The third-order valence-corrected chi connectivity index (χ3v) is 4.43. The van der Waals surface area contributed by atoms with Crippen LogP contribution in [0.15, 0.2) is 61.2 Å². The number of para-hydroxylation sites is 3. The molecule has 0 spiro atoms. The second-order valence-corrected chi connectivity index (χ2v) is 6.28. The molecule has 1 unspecified atom stereocenters. The normalized spacial score (nSPS) is 16.2. The number of benzene rings is 2. The van der Waals surface area contributed by atoms with Crippen molar-refractivity contribution in [2.75, 3.05) is 18.5 Å². The number of aromatic nitrogens is 3. The van der Waals surface area contributed by atoms with Gasteiger partial charge >= 0.3 is 0 Å². The summed E-state index contributed by atoms with van der Waals surface area (Å²) in [7, 11) is 0. The van der Waals surface area contributed by atoms with Gasteiger partial charge in [0.2, 0.25) is 0 Å². The van der Waals surface area contributed by atoms with E-state index in [4.69, 9.17) is 9.47 Å². The molecule has 27 heavy (non-hydrogen) atoms. The summed E-state index contributed by atoms with van der Waals surface area (Å²) in [5.74, 6) is 0.399. The van der Waals surface area contributed by atoms with Crippen molar-refractivity contribution >= 4 is 11.6 Å². The van der Waals surface area contributed by atoms with Crippen LogP contribution in [0.25, 0.3) is 5.69 Å². The Bertz CT molecular complexity index is 905. The van der Waals surface area contributed by atoms with Gasteiger partial charge in [0.25, 0.3) is 5.91 Å². The number of amides is 1. The van der Waals surface area contributed by atoms with Crippen LogP contribution in [-0.4, -0.2) is 40.0 Å². The van der Waals surface area contributed by atoms with Gasteiger partial charge < -0.3 is 14.8 Å². The molecule has 7 heteroatoms. The number of hydrogen-bond donors (Lipinski definition) is 1. The van der Waals surface area contributed by atoms with E-state index in [0.717, 1.165) is 19.4 Å². The predicted molar refractivity (Wildman–Crippen MR) is 100 cm³/mol. The zero-order valence-corrected chi connectivity index (χ0v) is 14.7. The molecule has 7 nitrogen and oxygen atoms in total. The number of ether oxygens (including phenoxy) is 2. The van der Waals surface area contributed by atoms with Gasteiger partial charge in [-0.15, -0.1) is 10.2 Å². The van der Waals surface area contributed by atoms with E-state index in [1.807, 2.05) is 42.5 Å². The Labute approximate surface area is 156 Å². The Morgan fingerprint density at radius 2 is 1.93 bits per heavy atom. The van der Waals surface area contributed by atoms with E-state index in [1.165, 1.54) is 0 Å². The highest BCUT2D eigenvalue weighted by molar-refractivity contribution is 6.07. The summed E-state index contributed by atoms with van der Waals surface area (Å²) in [4.78, 5) is 12.9. The van der Waals surface area contributed by atoms with Crippen molar-refractivity contribution in [3.8, 4) is 11.4 Å². The van der Waals surface area contributed by atoms with E-state index in [2.05, 4.69) is 15.5 Å². The SMILES string of the molecule is O=C(Nc1ccccc1OCC1CCCO1)c1ccccc1-n1cnnc1. The second kappa shape index (κ2) is 8.01. The van der Waals surface area contributed by atoms with Crippen LogP contribution in [0.3, 0.4) is 0 Å². The first-order valence-corrected chi connectivity index (χ1v) is 8.90. The van der Waals surface area contributed by atoms with E-state index < -0.39 is 0 Å². The van der Waals surface area contributed by atoms with Gasteiger partial charge in [-0.25, -0.2) is 0 Å². The third-order valence-electron chi connectivity index (χ3n) is 4.43. The molecule has 0 aliphatic carbocycles. The molecule has 0 saturated carbocycles. The molecule has 1 atom stereocenters. The first-order chi connectivity index (χ1) is 13.3. The number of carbonyl (C=O) groups is 1. The molecule has 138 valence electrons. The van der Waals surface area contributed by atoms with Crippen LogP contribution < -0.4 is 10.1 Å². The standard InChI is InChI=1S/C20H20N4O3/c25-20(16-7-1-3-9-18(16)24-13-21-22-14-24)23-17-8-2-4-10-19(17)27-12-15-6-5-11-26-15/h1-4,7-10,13-15H,5-6,11-12H2,(H,23,25). The molecular formula is C20H20N4O3. The van der Waals surface area contributed by atoms with Gasteiger partial charge in [0, 0.05) is 6.61 Å². The van der Waals surface area contributed by atoms with Crippen LogP contribution in [0.4, 0.5) is 5.69 Å². The van der Waals surface area contributed by atoms with Crippen molar-refractivity contribution in [3.05, 3.63) is 66.7 Å². The Hall–Kier alpha value is -3.19. The highest BCUT2D eigenvalue weighted by atomic mass is 16.5. The molecule has 0 bridgehead atoms. The van der Waals surface area contributed by atoms with Crippen LogP contribution in [0.1, 0.15) is 23.2 Å². The topological polar surface area (TPSA) is 78.3 Å². The minimum Gasteiger partial charge on any atom is -0.489 e. The lowest BCUT2D eigenvalue weighted by Crippen LogP contribution is -2.18. The molecule has 1 aliphatic heterocycles. The average molecular weight is 364 g/mol. The summed E-state index contributed by atoms with van der Waals surface area (Å²) in [6.07, 6.45) is 5.30. The monoisotopic (exact) mass is 364 g/mol. The quantitative estimate of drug-likeness (QED) is 0.727. The maximum Gasteiger partial charge on any atom is 0.257 e. The summed E-state index contributed by atoms with van der Waals surface area (Å²) in [5, 5.41) is 10.6. The summed E-state index contributed by atoms with van der Waals surface area (Å²) in [5.41, 5.74) is 1.85. The van der Waals surface area contributed by atoms with Crippen molar-refractivity contribution in [3.63, 3.8) is 0 Å². The molecule has 1 amide bonds. The Morgan fingerprint density at radius 3 is 2.74 bits per heavy atom. The third kappa shape index (κ3) is 3.98. The fourth-order valence-electron chi connectivity index (χ4n) is 3.06. The first kappa shape index (κ1) is 17.2. The number of nitrogens with one attached hydrogen (secondary N) is 1. The molecule has 1 aromatic heterocycles. The molecule has 0 radical (unpaired) electrons. The van der Waals surface area contributed by atoms with Gasteiger partial charge in [-0.3, -0.25) is 9.36 Å². The van der Waals surface area contributed by atoms with Gasteiger partial charge in [0.1, 0.15) is 25.0 Å². The molecule has 2 aromatic carbocycles. The number of rotatable bonds is 6. The first-order valence-electron chi connectivity index (χ1n) is 8.90. The number of anilines is 1. The van der Waals surface area contributed by atoms with Gasteiger partial charge in [0.15, 0.2) is 0 Å². The van der Waals surface area contributed by atoms with Crippen LogP contribution in [0.2, 0.25) is 0 Å². The Kier molecular flexibility index (Phi) is 5.11. The fraction of sp³-hybridized carbons (Fsp3) is 0.250. The lowest BCUT2D eigenvalue weighted by atomic mass is 10.1. The van der Waals surface area contributed by atoms with Crippen molar-refractivity contribution in [2.24, 2.45) is 0 Å². The van der Waals surface area contributed by atoms with Gasteiger partial charge in [0.05, 0.1) is 23.0 Å². The van der Waals surface area contributed by atoms with E-state index in [0.29, 0.717) is 29.3 Å². The van der Waals surface area contributed by atoms with E-state index in [-0.39, 0.29) is 12.0 Å². The van der Waals surface area contributed by atoms with E-state index in [1.54, 1.807) is 23.3 Å². The van der Waals surface area contributed by atoms with Crippen LogP contribution >= 0.6 is 0 Å². The zero-order chi connectivity index (χ0) is 18.5. The maximum absolute atomic E-state index is 12.9. The predicted octanol–water partition coefficient (Wildman–Crippen LogP) is 3.08. The highest BCUT2D eigenvalue weighted by Gasteiger charge is 2.18. The highest BCUT2D eigenvalue weighted by Crippen LogP contribution is 2.26. The van der Waals surface area contributed by atoms with Gasteiger partial charge in [-0.2, -0.15) is 0 Å². The number of nitrogens with zero attached hydrogens (tertiary/aromatic N) is 3. The minimum atomic E-state index is -0.229. The molecule has 4 rings (SSSR count). The van der Waals surface area contributed by atoms with Gasteiger partial charge in [-0.1, -0.05) is 24.3 Å². The van der Waals surface area contributed by atoms with Crippen molar-refractivity contribution in [1.29, 1.82) is 0 Å². The van der Waals surface area contributed by atoms with E-state index in [9.17, 15) is 4.79 Å². The molecule has 2 heterocycles. The lowest BCUT2D eigenvalue weighted by molar-refractivity contribution is 0.0682. The average Bonchev–Trinajstić information content (AvgIpc) is 3.41. The second-order valence-electron chi connectivity index (χ2n) is 6.28. The number of carbonyl (C=O) groups excluding carboxylic acids is 1. The van der Waals surface area contributed by atoms with Crippen molar-refractivity contribution in [2.45, 2.75) is 18.9 Å².